The highest BCUT2D eigenvalue weighted by atomic mass is 16.7. The molecule has 0 unspecified atom stereocenters. The molecule has 1 spiro atoms. The van der Waals surface area contributed by atoms with Gasteiger partial charge in [-0.25, -0.2) is 5.43 Å². The number of carbonyl (C=O) groups excluding carboxylic acids is 5. The Morgan fingerprint density at radius 2 is 1.77 bits per heavy atom. The number of phenols is 1. The predicted octanol–water partition coefficient (Wildman–Crippen LogP) is 7.17. The highest BCUT2D eigenvalue weighted by Crippen LogP contribution is 2.43. The zero-order valence-electron chi connectivity index (χ0n) is 48.0. The van der Waals surface area contributed by atoms with Crippen molar-refractivity contribution in [3.8, 4) is 5.75 Å². The van der Waals surface area contributed by atoms with Gasteiger partial charge in [-0.15, -0.1) is 0 Å². The van der Waals surface area contributed by atoms with E-state index in [1.165, 1.54) is 24.3 Å². The number of nitrogens with zero attached hydrogens (tertiary/aromatic N) is 1. The van der Waals surface area contributed by atoms with Gasteiger partial charge in [0.2, 0.25) is 17.7 Å². The number of hydrogen-bond acceptors (Lipinski definition) is 13. The fraction of sp³-hybridized carbons (Fsp3) is 0.656. The zero-order valence-corrected chi connectivity index (χ0v) is 48.0. The maximum absolute atomic E-state index is 14.6. The largest absolute Gasteiger partial charge is 0.508 e. The summed E-state index contributed by atoms with van der Waals surface area (Å²) < 4.78 is 25.2. The number of rotatable bonds is 13. The summed E-state index contributed by atoms with van der Waals surface area (Å²) in [6, 6.07) is 3.30. The Morgan fingerprint density at radius 1 is 1.01 bits per heavy atom. The van der Waals surface area contributed by atoms with Crippen LogP contribution >= 0.6 is 0 Å². The van der Waals surface area contributed by atoms with Crippen molar-refractivity contribution < 1.29 is 58.2 Å². The third-order valence-corrected chi connectivity index (χ3v) is 17.1. The fourth-order valence-corrected chi connectivity index (χ4v) is 11.6. The summed E-state index contributed by atoms with van der Waals surface area (Å²) in [5, 5.41) is 43.8. The average Bonchev–Trinajstić information content (AvgIpc) is 3.41. The minimum Gasteiger partial charge on any atom is -0.508 e. The molecule has 16 atom stereocenters. The summed E-state index contributed by atoms with van der Waals surface area (Å²) in [5.74, 6) is -4.79. The van der Waals surface area contributed by atoms with E-state index >= 15 is 0 Å². The topological polar surface area (TPSA) is 234 Å². The zero-order chi connectivity index (χ0) is 57.1. The molecule has 0 aromatic heterocycles. The lowest BCUT2D eigenvalue weighted by Gasteiger charge is -2.51. The van der Waals surface area contributed by atoms with Crippen molar-refractivity contribution in [1.29, 1.82) is 0 Å². The number of hydrogen-bond donors (Lipinski definition) is 7. The van der Waals surface area contributed by atoms with Crippen molar-refractivity contribution in [3.63, 3.8) is 0 Å². The van der Waals surface area contributed by atoms with Crippen molar-refractivity contribution >= 4 is 29.6 Å². The molecule has 7 N–H and O–H groups in total. The number of phenolic OH excluding ortho intramolecular Hbond substituents is 1. The number of aromatic hydroxyl groups is 1. The van der Waals surface area contributed by atoms with Crippen LogP contribution in [0.15, 0.2) is 84.0 Å². The Morgan fingerprint density at radius 3 is 2.47 bits per heavy atom. The molecule has 1 aromatic rings. The van der Waals surface area contributed by atoms with Crippen LogP contribution in [0.2, 0.25) is 0 Å². The number of aliphatic hydroxyl groups is 2. The van der Waals surface area contributed by atoms with Crippen LogP contribution in [0.1, 0.15) is 139 Å². The lowest BCUT2D eigenvalue weighted by atomic mass is 9.75. The van der Waals surface area contributed by atoms with Gasteiger partial charge in [0.05, 0.1) is 30.3 Å². The summed E-state index contributed by atoms with van der Waals surface area (Å²) in [5.41, 5.74) is 4.58. The number of allylic oxidation sites excluding steroid dienone is 5. The number of ether oxygens (including phenoxy) is 4. The molecular formula is C61H91N5O12. The van der Waals surface area contributed by atoms with Gasteiger partial charge in [0.15, 0.2) is 11.5 Å². The van der Waals surface area contributed by atoms with E-state index in [0.717, 1.165) is 24.0 Å². The van der Waals surface area contributed by atoms with Crippen LogP contribution < -0.4 is 21.4 Å². The first-order valence-corrected chi connectivity index (χ1v) is 28.6. The van der Waals surface area contributed by atoms with Gasteiger partial charge in [-0.05, 0) is 106 Å². The normalized spacial score (nSPS) is 34.9. The molecular weight excluding hydrogens is 995 g/mol. The first-order valence-electron chi connectivity index (χ1n) is 28.6. The number of fused-ring (bicyclic) bond motifs is 3. The minimum absolute atomic E-state index is 0.00123. The molecule has 432 valence electrons. The second-order valence-electron chi connectivity index (χ2n) is 23.4. The summed E-state index contributed by atoms with van der Waals surface area (Å²) in [7, 11) is 1.53. The molecule has 6 rings (SSSR count). The second-order valence-corrected chi connectivity index (χ2v) is 23.4. The smallest absolute Gasteiger partial charge is 0.325 e. The van der Waals surface area contributed by atoms with E-state index in [0.29, 0.717) is 50.5 Å². The molecule has 0 aliphatic carbocycles. The van der Waals surface area contributed by atoms with Gasteiger partial charge in [0.25, 0.3) is 5.91 Å². The van der Waals surface area contributed by atoms with Gasteiger partial charge in [0, 0.05) is 63.0 Å². The summed E-state index contributed by atoms with van der Waals surface area (Å²) in [4.78, 5) is 70.5. The lowest BCUT2D eigenvalue weighted by Crippen LogP contribution is -2.64. The van der Waals surface area contributed by atoms with Gasteiger partial charge < -0.3 is 50.2 Å². The lowest BCUT2D eigenvalue weighted by molar-refractivity contribution is -0.280. The van der Waals surface area contributed by atoms with Gasteiger partial charge in [-0.1, -0.05) is 109 Å². The van der Waals surface area contributed by atoms with E-state index in [4.69, 9.17) is 18.9 Å². The van der Waals surface area contributed by atoms with Crippen molar-refractivity contribution in [1.82, 2.24) is 26.4 Å². The molecule has 2 bridgehead atoms. The second kappa shape index (κ2) is 27.8. The number of aliphatic hydroxyl groups excluding tert-OH is 2. The Bertz CT molecular complexity index is 2400. The van der Waals surface area contributed by atoms with E-state index in [2.05, 4.69) is 41.3 Å². The van der Waals surface area contributed by atoms with E-state index < -0.39 is 95.5 Å². The van der Waals surface area contributed by atoms with Gasteiger partial charge >= 0.3 is 5.97 Å². The SMILES string of the molecule is CC[C@H]1C[C@H](C)[C@@]2(NC1=O)O[C@@H](C[C@H](O)[C@@H](C)CCC=CC=C(C)[C@@H]1CC=CC=C[C@H](O)[C@H](C)[C@H]3O[C@](C)(OC)CC[C@H]3C(=O)N[C@@H](C(C)C)C(=O)N[C@@H](Cc3cccc(O)c3)C(=O)N3CCC[C@H](N3)C(=O)O1)[C@H](C)C=C2C. The summed E-state index contributed by atoms with van der Waals surface area (Å²) in [6.07, 6.45) is 16.7. The van der Waals surface area contributed by atoms with E-state index in [9.17, 15) is 39.3 Å². The van der Waals surface area contributed by atoms with Crippen molar-refractivity contribution in [3.05, 3.63) is 89.6 Å². The van der Waals surface area contributed by atoms with Crippen LogP contribution in [0.25, 0.3) is 0 Å². The van der Waals surface area contributed by atoms with Crippen LogP contribution in [-0.2, 0) is 49.3 Å². The average molecular weight is 1090 g/mol. The van der Waals surface area contributed by atoms with Gasteiger partial charge in [-0.3, -0.25) is 29.0 Å². The molecule has 17 nitrogen and oxygen atoms in total. The maximum atomic E-state index is 14.6. The third-order valence-electron chi connectivity index (χ3n) is 17.1. The van der Waals surface area contributed by atoms with E-state index in [-0.39, 0.29) is 60.8 Å². The molecule has 78 heavy (non-hydrogen) atoms. The van der Waals surface area contributed by atoms with E-state index in [1.807, 2.05) is 52.0 Å². The van der Waals surface area contributed by atoms with Gasteiger partial charge in [0.1, 0.15) is 30.0 Å². The Hall–Kier alpha value is -5.17. The first kappa shape index (κ1) is 62.0. The number of amides is 4. The first-order chi connectivity index (χ1) is 37.0. The standard InChI is InChI=1S/C61H91N5O12/c1-12-44-32-41(8)61(64-55(44)70)40(7)31-39(6)52(77-61)35-50(69)37(4)21-15-13-16-22-38(5)51-27-18-14-17-26-49(68)42(9)54-46(28-29-60(10,75-11)78-54)56(71)63-53(36(2)3)57(72)62-48(34-43-23-19-24-45(67)33-43)58(73)66-30-20-25-47(65-66)59(74)76-51/h13-14,16-19,22-24,26,31,33,36-37,39,41-42,44,46-54,65,67-69H,12,15,20-21,25,27-30,32,34-35H2,1-11H3,(H,62,72)(H,63,71)(H,64,70)/t37-,39+,41-,42-,44-,46+,47-,48-,49-,50-,51-,52-,53-,54+,60-,61-/m0/s1. The quantitative estimate of drug-likeness (QED) is 0.0591. The van der Waals surface area contributed by atoms with Crippen LogP contribution in [0.5, 0.6) is 5.75 Å². The molecule has 5 heterocycles. The van der Waals surface area contributed by atoms with Crippen molar-refractivity contribution in [2.45, 2.75) is 200 Å². The molecule has 5 aliphatic heterocycles. The molecule has 3 fully saturated rings. The highest BCUT2D eigenvalue weighted by Gasteiger charge is 2.51. The van der Waals surface area contributed by atoms with Gasteiger partial charge in [-0.2, -0.15) is 0 Å². The number of piperidine rings is 1. The number of nitrogens with one attached hydrogen (secondary N) is 4. The van der Waals surface area contributed by atoms with Crippen LogP contribution in [0.3, 0.4) is 0 Å². The Labute approximate surface area is 463 Å². The molecule has 1 aromatic carbocycles. The maximum Gasteiger partial charge on any atom is 0.325 e. The van der Waals surface area contributed by atoms with Crippen LogP contribution in [-0.4, -0.2) is 124 Å². The Balaban J connectivity index is 1.20. The van der Waals surface area contributed by atoms with Crippen molar-refractivity contribution in [2.75, 3.05) is 13.7 Å². The predicted molar refractivity (Wildman–Crippen MR) is 297 cm³/mol. The molecule has 5 aliphatic rings. The summed E-state index contributed by atoms with van der Waals surface area (Å²) in [6.45, 7) is 19.6. The molecule has 17 heteroatoms. The molecule has 3 saturated heterocycles. The highest BCUT2D eigenvalue weighted by molar-refractivity contribution is 5.93. The minimum atomic E-state index is -1.16. The Kier molecular flexibility index (Phi) is 22.1. The number of benzene rings is 1. The number of cyclic esters (lactones) is 1. The third kappa shape index (κ3) is 15.6. The monoisotopic (exact) mass is 1090 g/mol. The summed E-state index contributed by atoms with van der Waals surface area (Å²) >= 11 is 0. The molecule has 0 radical (unpaired) electrons. The van der Waals surface area contributed by atoms with Crippen LogP contribution in [0.4, 0.5) is 0 Å². The number of hydrazine groups is 1. The van der Waals surface area contributed by atoms with Crippen LogP contribution in [0, 0.1) is 41.4 Å². The molecule has 0 saturated carbocycles. The number of esters is 1. The van der Waals surface area contributed by atoms with E-state index in [1.54, 1.807) is 58.1 Å². The van der Waals surface area contributed by atoms with Crippen molar-refractivity contribution in [2.24, 2.45) is 41.4 Å². The molecule has 4 amide bonds. The fourth-order valence-electron chi connectivity index (χ4n) is 11.6. The number of carbonyl (C=O) groups is 5. The number of methoxy groups -OCH3 is 1.